The van der Waals surface area contributed by atoms with E-state index < -0.39 is 6.04 Å². The molecule has 1 fully saturated rings. The molecule has 1 aliphatic rings. The number of aromatic nitrogens is 2. The Hall–Kier alpha value is -2.47. The van der Waals surface area contributed by atoms with Crippen LogP contribution < -0.4 is 4.90 Å². The van der Waals surface area contributed by atoms with Crippen molar-refractivity contribution in [3.05, 3.63) is 53.6 Å². The summed E-state index contributed by atoms with van der Waals surface area (Å²) in [4.78, 5) is 36.0. The molecule has 1 aromatic carbocycles. The van der Waals surface area contributed by atoms with Crippen LogP contribution in [-0.2, 0) is 4.79 Å². The van der Waals surface area contributed by atoms with Crippen molar-refractivity contribution in [2.45, 2.75) is 12.5 Å². The fourth-order valence-corrected chi connectivity index (χ4v) is 2.90. The minimum absolute atomic E-state index is 0.141. The topological polar surface area (TPSA) is 66.4 Å². The first-order chi connectivity index (χ1) is 11.1. The van der Waals surface area contributed by atoms with E-state index in [1.165, 1.54) is 23.5 Å². The summed E-state index contributed by atoms with van der Waals surface area (Å²) >= 11 is 6.16. The molecule has 0 spiro atoms. The van der Waals surface area contributed by atoms with E-state index in [1.807, 2.05) is 12.1 Å². The van der Waals surface area contributed by atoms with E-state index in [4.69, 9.17) is 11.6 Å². The van der Waals surface area contributed by atoms with Crippen molar-refractivity contribution in [3.8, 4) is 0 Å². The standard InChI is InChI=1S/C16H15ClN4O2/c1-20(15(22)12-10-18-7-8-19-12)14-6-9-21(16(14)23)13-5-3-2-4-11(13)17/h2-5,7-8,10,14H,6,9H2,1H3/t14-/m1/s1. The van der Waals surface area contributed by atoms with E-state index in [-0.39, 0.29) is 17.5 Å². The van der Waals surface area contributed by atoms with E-state index in [1.54, 1.807) is 24.1 Å². The van der Waals surface area contributed by atoms with Gasteiger partial charge >= 0.3 is 0 Å². The number of carbonyl (C=O) groups excluding carboxylic acids is 2. The van der Waals surface area contributed by atoms with Crippen LogP contribution in [0.4, 0.5) is 5.69 Å². The van der Waals surface area contributed by atoms with Gasteiger partial charge in [-0.15, -0.1) is 0 Å². The van der Waals surface area contributed by atoms with E-state index in [0.717, 1.165) is 0 Å². The summed E-state index contributed by atoms with van der Waals surface area (Å²) in [6.45, 7) is 0.519. The van der Waals surface area contributed by atoms with Crippen molar-refractivity contribution >= 4 is 29.1 Å². The van der Waals surface area contributed by atoms with Crippen LogP contribution in [-0.4, -0.2) is 46.3 Å². The van der Waals surface area contributed by atoms with Crippen LogP contribution in [0.1, 0.15) is 16.9 Å². The van der Waals surface area contributed by atoms with Gasteiger partial charge in [-0.2, -0.15) is 0 Å². The molecule has 6 nitrogen and oxygen atoms in total. The maximum atomic E-state index is 12.7. The largest absolute Gasteiger partial charge is 0.328 e. The number of nitrogens with zero attached hydrogens (tertiary/aromatic N) is 4. The van der Waals surface area contributed by atoms with Crippen molar-refractivity contribution < 1.29 is 9.59 Å². The molecule has 1 aliphatic heterocycles. The lowest BCUT2D eigenvalue weighted by atomic mass is 10.2. The third-order valence-corrected chi connectivity index (χ3v) is 4.21. The summed E-state index contributed by atoms with van der Waals surface area (Å²) in [7, 11) is 1.61. The number of benzene rings is 1. The van der Waals surface area contributed by atoms with Crippen LogP contribution in [0, 0.1) is 0 Å². The molecule has 0 unspecified atom stereocenters. The summed E-state index contributed by atoms with van der Waals surface area (Å²) in [6.07, 6.45) is 4.89. The highest BCUT2D eigenvalue weighted by Gasteiger charge is 2.38. The first-order valence-corrected chi connectivity index (χ1v) is 7.56. The number of hydrogen-bond donors (Lipinski definition) is 0. The van der Waals surface area contributed by atoms with Gasteiger partial charge in [0.25, 0.3) is 5.91 Å². The summed E-state index contributed by atoms with van der Waals surface area (Å²) in [5, 5.41) is 0.518. The SMILES string of the molecule is CN(C(=O)c1cnccn1)[C@@H]1CCN(c2ccccc2Cl)C1=O. The number of rotatable bonds is 3. The van der Waals surface area contributed by atoms with Crippen molar-refractivity contribution in [2.24, 2.45) is 0 Å². The third-order valence-electron chi connectivity index (χ3n) is 3.89. The molecule has 7 heteroatoms. The molecule has 0 N–H and O–H groups in total. The lowest BCUT2D eigenvalue weighted by Crippen LogP contribution is -2.43. The highest BCUT2D eigenvalue weighted by Crippen LogP contribution is 2.30. The predicted molar refractivity (Wildman–Crippen MR) is 86.3 cm³/mol. The minimum atomic E-state index is -0.527. The maximum Gasteiger partial charge on any atom is 0.274 e. The zero-order valence-electron chi connectivity index (χ0n) is 12.5. The van der Waals surface area contributed by atoms with Gasteiger partial charge in [0, 0.05) is 26.0 Å². The first-order valence-electron chi connectivity index (χ1n) is 7.18. The van der Waals surface area contributed by atoms with Crippen molar-refractivity contribution in [1.82, 2.24) is 14.9 Å². The Balaban J connectivity index is 1.79. The van der Waals surface area contributed by atoms with Crippen LogP contribution in [0.2, 0.25) is 5.02 Å². The molecule has 0 saturated carbocycles. The van der Waals surface area contributed by atoms with Crippen molar-refractivity contribution in [3.63, 3.8) is 0 Å². The Morgan fingerprint density at radius 2 is 2.13 bits per heavy atom. The van der Waals surface area contributed by atoms with E-state index in [2.05, 4.69) is 9.97 Å². The minimum Gasteiger partial charge on any atom is -0.328 e. The van der Waals surface area contributed by atoms with Gasteiger partial charge in [-0.05, 0) is 18.6 Å². The van der Waals surface area contributed by atoms with Gasteiger partial charge in [-0.3, -0.25) is 14.6 Å². The van der Waals surface area contributed by atoms with E-state index >= 15 is 0 Å². The van der Waals surface area contributed by atoms with Crippen molar-refractivity contribution in [1.29, 1.82) is 0 Å². The number of amides is 2. The number of para-hydroxylation sites is 1. The molecule has 0 bridgehead atoms. The van der Waals surface area contributed by atoms with Crippen LogP contribution >= 0.6 is 11.6 Å². The Bertz CT molecular complexity index is 738. The summed E-state index contributed by atoms with van der Waals surface area (Å²) in [5.41, 5.74) is 0.890. The number of halogens is 1. The highest BCUT2D eigenvalue weighted by atomic mass is 35.5. The normalized spacial score (nSPS) is 17.4. The molecule has 118 valence electrons. The second kappa shape index (κ2) is 6.34. The number of carbonyl (C=O) groups is 2. The second-order valence-electron chi connectivity index (χ2n) is 5.25. The quantitative estimate of drug-likeness (QED) is 0.863. The third kappa shape index (κ3) is 2.90. The highest BCUT2D eigenvalue weighted by molar-refractivity contribution is 6.34. The Kier molecular flexibility index (Phi) is 4.25. The van der Waals surface area contributed by atoms with E-state index in [9.17, 15) is 9.59 Å². The number of likely N-dealkylation sites (N-methyl/N-ethyl adjacent to an activating group) is 1. The van der Waals surface area contributed by atoms with Gasteiger partial charge in [0.15, 0.2) is 0 Å². The Morgan fingerprint density at radius 1 is 1.35 bits per heavy atom. The molecule has 23 heavy (non-hydrogen) atoms. The van der Waals surface area contributed by atoms with Crippen LogP contribution in [0.3, 0.4) is 0 Å². The summed E-state index contributed by atoms with van der Waals surface area (Å²) < 4.78 is 0. The zero-order valence-corrected chi connectivity index (χ0v) is 13.3. The van der Waals surface area contributed by atoms with Crippen LogP contribution in [0.5, 0.6) is 0 Å². The van der Waals surface area contributed by atoms with Gasteiger partial charge in [0.1, 0.15) is 11.7 Å². The molecular formula is C16H15ClN4O2. The molecule has 1 saturated heterocycles. The molecule has 2 amide bonds. The smallest absolute Gasteiger partial charge is 0.274 e. The maximum absolute atomic E-state index is 12.7. The molecule has 1 atom stereocenters. The van der Waals surface area contributed by atoms with Gasteiger partial charge in [-0.25, -0.2) is 4.98 Å². The number of hydrogen-bond acceptors (Lipinski definition) is 4. The lowest BCUT2D eigenvalue weighted by molar-refractivity contribution is -0.120. The van der Waals surface area contributed by atoms with Gasteiger partial charge in [0.05, 0.1) is 16.9 Å². The average molecular weight is 331 g/mol. The van der Waals surface area contributed by atoms with E-state index in [0.29, 0.717) is 23.7 Å². The fourth-order valence-electron chi connectivity index (χ4n) is 2.67. The Labute approximate surface area is 138 Å². The molecule has 0 radical (unpaired) electrons. The molecule has 2 heterocycles. The van der Waals surface area contributed by atoms with Gasteiger partial charge < -0.3 is 9.80 Å². The molecule has 3 rings (SSSR count). The second-order valence-corrected chi connectivity index (χ2v) is 5.66. The van der Waals surface area contributed by atoms with Gasteiger partial charge in [0.2, 0.25) is 5.91 Å². The average Bonchev–Trinajstić information content (AvgIpc) is 2.96. The van der Waals surface area contributed by atoms with Gasteiger partial charge in [-0.1, -0.05) is 23.7 Å². The first kappa shape index (κ1) is 15.4. The molecule has 1 aromatic heterocycles. The van der Waals surface area contributed by atoms with Crippen LogP contribution in [0.25, 0.3) is 0 Å². The molecular weight excluding hydrogens is 316 g/mol. The Morgan fingerprint density at radius 3 is 2.83 bits per heavy atom. The molecule has 0 aliphatic carbocycles. The monoisotopic (exact) mass is 330 g/mol. The van der Waals surface area contributed by atoms with Crippen molar-refractivity contribution in [2.75, 3.05) is 18.5 Å². The number of anilines is 1. The summed E-state index contributed by atoms with van der Waals surface area (Å²) in [6, 6.07) is 6.66. The predicted octanol–water partition coefficient (Wildman–Crippen LogP) is 2.01. The zero-order chi connectivity index (χ0) is 16.4. The summed E-state index contributed by atoms with van der Waals surface area (Å²) in [5.74, 6) is -0.463. The lowest BCUT2D eigenvalue weighted by Gasteiger charge is -2.24. The molecule has 2 aromatic rings. The van der Waals surface area contributed by atoms with Crippen LogP contribution in [0.15, 0.2) is 42.9 Å². The fraction of sp³-hybridized carbons (Fsp3) is 0.250.